The summed E-state index contributed by atoms with van der Waals surface area (Å²) in [5.41, 5.74) is 1.06. The normalized spacial score (nSPS) is 12.2. The van der Waals surface area contributed by atoms with Crippen molar-refractivity contribution >= 4 is 17.5 Å². The lowest BCUT2D eigenvalue weighted by atomic mass is 10.1. The summed E-state index contributed by atoms with van der Waals surface area (Å²) in [6, 6.07) is 7.80. The Kier molecular flexibility index (Phi) is 6.76. The molecule has 100 valence electrons. The Labute approximate surface area is 114 Å². The van der Waals surface area contributed by atoms with Gasteiger partial charge in [0.15, 0.2) is 0 Å². The minimum Gasteiger partial charge on any atom is -0.352 e. The molecule has 4 heteroatoms. The predicted molar refractivity (Wildman–Crippen MR) is 75.9 cm³/mol. The van der Waals surface area contributed by atoms with E-state index < -0.39 is 0 Å². The van der Waals surface area contributed by atoms with Gasteiger partial charge in [-0.1, -0.05) is 36.7 Å². The molecule has 1 unspecified atom stereocenters. The van der Waals surface area contributed by atoms with E-state index in [-0.39, 0.29) is 11.9 Å². The van der Waals surface area contributed by atoms with Gasteiger partial charge < -0.3 is 10.6 Å². The molecule has 1 aromatic rings. The van der Waals surface area contributed by atoms with Crippen LogP contribution in [0.5, 0.6) is 0 Å². The van der Waals surface area contributed by atoms with Gasteiger partial charge in [0, 0.05) is 11.1 Å². The first-order chi connectivity index (χ1) is 8.63. The van der Waals surface area contributed by atoms with E-state index in [0.29, 0.717) is 6.54 Å². The minimum absolute atomic E-state index is 0.0306. The second-order valence-corrected chi connectivity index (χ2v) is 4.85. The van der Waals surface area contributed by atoms with Gasteiger partial charge in [0.1, 0.15) is 0 Å². The standard InChI is InChI=1S/C14H21ClN2O/c1-3-8-16-10-14(18)17-11(2)9-12-6-4-5-7-13(12)15/h4-7,11,16H,3,8-10H2,1-2H3,(H,17,18). The average Bonchev–Trinajstić information content (AvgIpc) is 2.32. The molecule has 3 nitrogen and oxygen atoms in total. The molecule has 0 aliphatic rings. The SMILES string of the molecule is CCCNCC(=O)NC(C)Cc1ccccc1Cl. The maximum atomic E-state index is 11.6. The minimum atomic E-state index is 0.0306. The molecule has 18 heavy (non-hydrogen) atoms. The Morgan fingerprint density at radius 3 is 2.78 bits per heavy atom. The lowest BCUT2D eigenvalue weighted by Crippen LogP contribution is -2.40. The third-order valence-electron chi connectivity index (χ3n) is 2.60. The lowest BCUT2D eigenvalue weighted by Gasteiger charge is -2.15. The van der Waals surface area contributed by atoms with Gasteiger partial charge in [-0.15, -0.1) is 0 Å². The summed E-state index contributed by atoms with van der Waals surface area (Å²) in [6.07, 6.45) is 1.78. The van der Waals surface area contributed by atoms with Gasteiger partial charge in [0.2, 0.25) is 5.91 Å². The van der Waals surface area contributed by atoms with E-state index in [1.54, 1.807) is 0 Å². The topological polar surface area (TPSA) is 41.1 Å². The second kappa shape index (κ2) is 8.11. The molecule has 0 saturated carbocycles. The van der Waals surface area contributed by atoms with E-state index in [1.807, 2.05) is 31.2 Å². The summed E-state index contributed by atoms with van der Waals surface area (Å²) in [7, 11) is 0. The van der Waals surface area contributed by atoms with Crippen LogP contribution in [0.4, 0.5) is 0 Å². The third kappa shape index (κ3) is 5.52. The molecule has 1 rings (SSSR count). The van der Waals surface area contributed by atoms with Crippen molar-refractivity contribution in [3.63, 3.8) is 0 Å². The first-order valence-corrected chi connectivity index (χ1v) is 6.74. The van der Waals surface area contributed by atoms with Crippen molar-refractivity contribution in [2.45, 2.75) is 32.7 Å². The number of nitrogens with one attached hydrogen (secondary N) is 2. The van der Waals surface area contributed by atoms with Gasteiger partial charge in [0.05, 0.1) is 6.54 Å². The van der Waals surface area contributed by atoms with Crippen LogP contribution in [0.1, 0.15) is 25.8 Å². The van der Waals surface area contributed by atoms with Gasteiger partial charge in [-0.3, -0.25) is 4.79 Å². The largest absolute Gasteiger partial charge is 0.352 e. The highest BCUT2D eigenvalue weighted by Crippen LogP contribution is 2.16. The highest BCUT2D eigenvalue weighted by atomic mass is 35.5. The summed E-state index contributed by atoms with van der Waals surface area (Å²) < 4.78 is 0. The average molecular weight is 269 g/mol. The first-order valence-electron chi connectivity index (χ1n) is 6.37. The van der Waals surface area contributed by atoms with Crippen LogP contribution in [0.25, 0.3) is 0 Å². The number of carbonyl (C=O) groups excluding carboxylic acids is 1. The van der Waals surface area contributed by atoms with Gasteiger partial charge in [-0.05, 0) is 37.9 Å². The molecule has 0 aliphatic carbocycles. The van der Waals surface area contributed by atoms with Crippen LogP contribution in [0.2, 0.25) is 5.02 Å². The van der Waals surface area contributed by atoms with Crippen LogP contribution < -0.4 is 10.6 Å². The Balaban J connectivity index is 2.35. The van der Waals surface area contributed by atoms with Crippen LogP contribution >= 0.6 is 11.6 Å². The zero-order chi connectivity index (χ0) is 13.4. The van der Waals surface area contributed by atoms with E-state index in [4.69, 9.17) is 11.6 Å². The van der Waals surface area contributed by atoms with E-state index in [9.17, 15) is 4.79 Å². The zero-order valence-electron chi connectivity index (χ0n) is 11.0. The predicted octanol–water partition coefficient (Wildman–Crippen LogP) is 2.39. The quantitative estimate of drug-likeness (QED) is 0.746. The third-order valence-corrected chi connectivity index (χ3v) is 2.97. The fourth-order valence-electron chi connectivity index (χ4n) is 1.75. The van der Waals surface area contributed by atoms with Crippen molar-refractivity contribution in [1.29, 1.82) is 0 Å². The van der Waals surface area contributed by atoms with E-state index in [0.717, 1.165) is 30.0 Å². The van der Waals surface area contributed by atoms with E-state index in [2.05, 4.69) is 17.6 Å². The van der Waals surface area contributed by atoms with Gasteiger partial charge in [-0.2, -0.15) is 0 Å². The number of rotatable bonds is 7. The molecule has 0 bridgehead atoms. The van der Waals surface area contributed by atoms with Crippen molar-refractivity contribution < 1.29 is 4.79 Å². The van der Waals surface area contributed by atoms with E-state index >= 15 is 0 Å². The van der Waals surface area contributed by atoms with Crippen LogP contribution in [0, 0.1) is 0 Å². The number of hydrogen-bond acceptors (Lipinski definition) is 2. The molecule has 0 fully saturated rings. The Hall–Kier alpha value is -1.06. The molecule has 1 aromatic carbocycles. The second-order valence-electron chi connectivity index (χ2n) is 4.44. The molecule has 0 spiro atoms. The van der Waals surface area contributed by atoms with E-state index in [1.165, 1.54) is 0 Å². The number of amides is 1. The molecule has 2 N–H and O–H groups in total. The zero-order valence-corrected chi connectivity index (χ0v) is 11.8. The van der Waals surface area contributed by atoms with Crippen molar-refractivity contribution in [2.24, 2.45) is 0 Å². The van der Waals surface area contributed by atoms with Crippen molar-refractivity contribution in [2.75, 3.05) is 13.1 Å². The summed E-state index contributed by atoms with van der Waals surface area (Å²) in [6.45, 7) is 5.30. The van der Waals surface area contributed by atoms with Gasteiger partial charge >= 0.3 is 0 Å². The fourth-order valence-corrected chi connectivity index (χ4v) is 1.96. The maximum Gasteiger partial charge on any atom is 0.234 e. The molecule has 1 atom stereocenters. The lowest BCUT2D eigenvalue weighted by molar-refractivity contribution is -0.120. The van der Waals surface area contributed by atoms with Crippen molar-refractivity contribution in [3.8, 4) is 0 Å². The van der Waals surface area contributed by atoms with Gasteiger partial charge in [0.25, 0.3) is 0 Å². The summed E-state index contributed by atoms with van der Waals surface area (Å²) in [4.78, 5) is 11.6. The number of halogens is 1. The number of hydrogen-bond donors (Lipinski definition) is 2. The molecular weight excluding hydrogens is 248 g/mol. The number of carbonyl (C=O) groups is 1. The van der Waals surface area contributed by atoms with Crippen molar-refractivity contribution in [1.82, 2.24) is 10.6 Å². The molecule has 1 amide bonds. The fraction of sp³-hybridized carbons (Fsp3) is 0.500. The molecule has 0 radical (unpaired) electrons. The maximum absolute atomic E-state index is 11.6. The molecule has 0 saturated heterocycles. The van der Waals surface area contributed by atoms with Crippen LogP contribution in [-0.2, 0) is 11.2 Å². The highest BCUT2D eigenvalue weighted by molar-refractivity contribution is 6.31. The summed E-state index contributed by atoms with van der Waals surface area (Å²) >= 11 is 6.08. The summed E-state index contributed by atoms with van der Waals surface area (Å²) in [5, 5.41) is 6.78. The monoisotopic (exact) mass is 268 g/mol. The molecule has 0 heterocycles. The smallest absolute Gasteiger partial charge is 0.234 e. The highest BCUT2D eigenvalue weighted by Gasteiger charge is 2.09. The van der Waals surface area contributed by atoms with Crippen LogP contribution in [0.15, 0.2) is 24.3 Å². The van der Waals surface area contributed by atoms with Crippen molar-refractivity contribution in [3.05, 3.63) is 34.9 Å². The summed E-state index contributed by atoms with van der Waals surface area (Å²) in [5.74, 6) is 0.0306. The Morgan fingerprint density at radius 1 is 1.39 bits per heavy atom. The molecular formula is C14H21ClN2O. The Bertz CT molecular complexity index is 382. The molecule has 0 aromatic heterocycles. The van der Waals surface area contributed by atoms with Crippen LogP contribution in [0.3, 0.4) is 0 Å². The number of benzene rings is 1. The first kappa shape index (κ1) is 15.0. The Morgan fingerprint density at radius 2 is 2.11 bits per heavy atom. The van der Waals surface area contributed by atoms with Gasteiger partial charge in [-0.25, -0.2) is 0 Å². The van der Waals surface area contributed by atoms with Crippen LogP contribution in [-0.4, -0.2) is 25.0 Å². The molecule has 0 aliphatic heterocycles.